The van der Waals surface area contributed by atoms with Crippen molar-refractivity contribution in [2.24, 2.45) is 0 Å². The van der Waals surface area contributed by atoms with Gasteiger partial charge in [-0.05, 0) is 31.0 Å². The van der Waals surface area contributed by atoms with Gasteiger partial charge in [-0.15, -0.1) is 10.2 Å². The third-order valence-electron chi connectivity index (χ3n) is 8.76. The van der Waals surface area contributed by atoms with E-state index in [1.165, 1.54) is 6.07 Å². The summed E-state index contributed by atoms with van der Waals surface area (Å²) in [4.78, 5) is 20.8. The van der Waals surface area contributed by atoms with E-state index in [1.54, 1.807) is 32.5 Å². The molecule has 2 N–H and O–H groups in total. The molecule has 0 bridgehead atoms. The van der Waals surface area contributed by atoms with Crippen LogP contribution in [-0.4, -0.2) is 87.3 Å². The largest absolute Gasteiger partial charge is 0.490 e. The first kappa shape index (κ1) is 30.9. The lowest BCUT2D eigenvalue weighted by atomic mass is 9.80. The zero-order valence-corrected chi connectivity index (χ0v) is 25.6. The molecule has 2 aliphatic rings. The molecule has 2 fully saturated rings. The number of hydrogen-bond donors (Lipinski definition) is 2. The number of rotatable bonds is 10. The van der Waals surface area contributed by atoms with E-state index in [1.807, 2.05) is 39.8 Å². The second kappa shape index (κ2) is 13.5. The van der Waals surface area contributed by atoms with Crippen molar-refractivity contribution in [1.29, 1.82) is 0 Å². The monoisotopic (exact) mass is 618 g/mol. The molecule has 45 heavy (non-hydrogen) atoms. The fourth-order valence-electron chi connectivity index (χ4n) is 6.55. The number of amides is 1. The van der Waals surface area contributed by atoms with Gasteiger partial charge in [0.1, 0.15) is 5.60 Å². The van der Waals surface area contributed by atoms with Crippen LogP contribution in [0, 0.1) is 12.7 Å². The van der Waals surface area contributed by atoms with Crippen molar-refractivity contribution in [3.05, 3.63) is 72.3 Å². The van der Waals surface area contributed by atoms with Crippen LogP contribution < -0.4 is 10.1 Å². The molecule has 1 aliphatic heterocycles. The van der Waals surface area contributed by atoms with Crippen LogP contribution >= 0.6 is 0 Å². The molecule has 3 atom stereocenters. The van der Waals surface area contributed by atoms with Crippen LogP contribution in [0.3, 0.4) is 0 Å². The summed E-state index contributed by atoms with van der Waals surface area (Å²) >= 11 is 0. The number of imidazole rings is 1. The summed E-state index contributed by atoms with van der Waals surface area (Å²) in [5.74, 6) is 0.0281. The summed E-state index contributed by atoms with van der Waals surface area (Å²) in [7, 11) is 1.60. The van der Waals surface area contributed by atoms with Gasteiger partial charge in [-0.1, -0.05) is 43.2 Å². The zero-order chi connectivity index (χ0) is 31.4. The number of nitrogens with zero attached hydrogens (tertiary/aromatic N) is 5. The lowest BCUT2D eigenvalue weighted by Gasteiger charge is -2.41. The first-order valence-electron chi connectivity index (χ1n) is 15.5. The number of carbonyl (C=O) groups is 1. The predicted octanol–water partition coefficient (Wildman–Crippen LogP) is 4.42. The van der Waals surface area contributed by atoms with E-state index in [4.69, 9.17) is 13.9 Å². The number of piperazine rings is 1. The van der Waals surface area contributed by atoms with E-state index in [2.05, 4.69) is 20.5 Å². The summed E-state index contributed by atoms with van der Waals surface area (Å²) in [6.07, 6.45) is 5.42. The highest BCUT2D eigenvalue weighted by Crippen LogP contribution is 2.41. The van der Waals surface area contributed by atoms with Crippen LogP contribution in [0.5, 0.6) is 5.75 Å². The Bertz CT molecular complexity index is 1610. The van der Waals surface area contributed by atoms with Gasteiger partial charge in [-0.2, -0.15) is 0 Å². The highest BCUT2D eigenvalue weighted by Gasteiger charge is 2.42. The molecule has 3 heterocycles. The Hall–Kier alpha value is -4.13. The van der Waals surface area contributed by atoms with E-state index >= 15 is 0 Å². The van der Waals surface area contributed by atoms with Gasteiger partial charge >= 0.3 is 0 Å². The molecular weight excluding hydrogens is 579 g/mol. The van der Waals surface area contributed by atoms with Crippen molar-refractivity contribution < 1.29 is 28.2 Å². The van der Waals surface area contributed by atoms with Gasteiger partial charge in [-0.3, -0.25) is 4.79 Å². The molecule has 0 radical (unpaired) electrons. The minimum Gasteiger partial charge on any atom is -0.490 e. The summed E-state index contributed by atoms with van der Waals surface area (Å²) in [5.41, 5.74) is 1.29. The maximum Gasteiger partial charge on any atom is 0.275 e. The standard InChI is InChI=1S/C33H39FN6O5/c1-22-37-38-31(45-22)24-11-12-27(26(34)18-24)44-17-13-25-19-35-15-16-39(25)32(41)29-30(23-8-4-3-5-9-23)40(21-36-29)28-10-6-7-14-33(28,42)20-43-2/h3-5,8-9,11-12,18,21,25,28,35,42H,6-7,10,13-17,19-20H2,1-2H3/t25-,28-,33-/m1/s1. The Morgan fingerprint density at radius 2 is 2.02 bits per heavy atom. The smallest absolute Gasteiger partial charge is 0.275 e. The quantitative estimate of drug-likeness (QED) is 0.265. The number of aryl methyl sites for hydroxylation is 1. The van der Waals surface area contributed by atoms with Gasteiger partial charge in [0, 0.05) is 57.3 Å². The minimum absolute atomic E-state index is 0.109. The molecule has 238 valence electrons. The van der Waals surface area contributed by atoms with Gasteiger partial charge in [0.15, 0.2) is 17.3 Å². The molecule has 1 aliphatic carbocycles. The Morgan fingerprint density at radius 3 is 2.78 bits per heavy atom. The summed E-state index contributed by atoms with van der Waals surface area (Å²) in [6.45, 7) is 3.79. The van der Waals surface area contributed by atoms with E-state index in [9.17, 15) is 14.3 Å². The number of benzene rings is 2. The van der Waals surface area contributed by atoms with Crippen molar-refractivity contribution in [2.45, 2.75) is 56.7 Å². The third-order valence-corrected chi connectivity index (χ3v) is 8.76. The fraction of sp³-hybridized carbons (Fsp3) is 0.455. The second-order valence-electron chi connectivity index (χ2n) is 11.8. The molecule has 6 rings (SSSR count). The molecule has 11 nitrogen and oxygen atoms in total. The number of ether oxygens (including phenoxy) is 2. The van der Waals surface area contributed by atoms with Crippen LogP contribution in [0.1, 0.15) is 54.5 Å². The van der Waals surface area contributed by atoms with E-state index < -0.39 is 11.4 Å². The van der Waals surface area contributed by atoms with Crippen molar-refractivity contribution in [2.75, 3.05) is 40.0 Å². The van der Waals surface area contributed by atoms with Gasteiger partial charge in [-0.25, -0.2) is 9.37 Å². The minimum atomic E-state index is -1.07. The molecule has 12 heteroatoms. The van der Waals surface area contributed by atoms with Crippen molar-refractivity contribution in [3.8, 4) is 28.5 Å². The molecule has 2 aromatic heterocycles. The zero-order valence-electron chi connectivity index (χ0n) is 25.6. The van der Waals surface area contributed by atoms with E-state index in [-0.39, 0.29) is 42.8 Å². The van der Waals surface area contributed by atoms with Gasteiger partial charge < -0.3 is 33.8 Å². The van der Waals surface area contributed by atoms with Crippen molar-refractivity contribution in [1.82, 2.24) is 30.0 Å². The average molecular weight is 619 g/mol. The van der Waals surface area contributed by atoms with Crippen molar-refractivity contribution in [3.63, 3.8) is 0 Å². The molecule has 1 saturated carbocycles. The Balaban J connectivity index is 1.21. The lowest BCUT2D eigenvalue weighted by molar-refractivity contribution is -0.0893. The summed E-state index contributed by atoms with van der Waals surface area (Å²) in [6, 6.07) is 13.8. The molecular formula is C33H39FN6O5. The Morgan fingerprint density at radius 1 is 1.18 bits per heavy atom. The van der Waals surface area contributed by atoms with Crippen LogP contribution in [0.15, 0.2) is 59.3 Å². The number of aliphatic hydroxyl groups is 1. The highest BCUT2D eigenvalue weighted by molar-refractivity contribution is 5.98. The third kappa shape index (κ3) is 6.49. The Labute approximate surface area is 261 Å². The molecule has 1 amide bonds. The van der Waals surface area contributed by atoms with Crippen LogP contribution in [0.25, 0.3) is 22.7 Å². The molecule has 1 saturated heterocycles. The first-order valence-corrected chi connectivity index (χ1v) is 15.5. The Kier molecular flexibility index (Phi) is 9.24. The number of nitrogens with one attached hydrogen (secondary N) is 1. The number of halogens is 1. The maximum absolute atomic E-state index is 14.9. The number of aromatic nitrogens is 4. The molecule has 2 aromatic carbocycles. The van der Waals surface area contributed by atoms with Crippen molar-refractivity contribution >= 4 is 5.91 Å². The van der Waals surface area contributed by atoms with E-state index in [0.717, 1.165) is 24.8 Å². The van der Waals surface area contributed by atoms with Gasteiger partial charge in [0.25, 0.3) is 5.91 Å². The van der Waals surface area contributed by atoms with Gasteiger partial charge in [0.2, 0.25) is 11.8 Å². The SMILES string of the molecule is COC[C@]1(O)CCCC[C@H]1n1cnc(C(=O)N2CCNC[C@H]2CCOc2ccc(-c3nnc(C)o3)cc2F)c1-c1ccccc1. The lowest BCUT2D eigenvalue weighted by Crippen LogP contribution is -2.54. The average Bonchev–Trinajstić information content (AvgIpc) is 3.69. The normalized spacial score (nSPS) is 22.0. The predicted molar refractivity (Wildman–Crippen MR) is 164 cm³/mol. The molecule has 4 aromatic rings. The second-order valence-corrected chi connectivity index (χ2v) is 11.8. The first-order chi connectivity index (χ1) is 21.9. The molecule has 0 unspecified atom stereocenters. The van der Waals surface area contributed by atoms with Crippen LogP contribution in [0.4, 0.5) is 4.39 Å². The number of carbonyl (C=O) groups excluding carboxylic acids is 1. The topological polar surface area (TPSA) is 128 Å². The number of hydrogen-bond acceptors (Lipinski definition) is 9. The maximum atomic E-state index is 14.9. The van der Waals surface area contributed by atoms with Gasteiger partial charge in [0.05, 0.1) is 31.3 Å². The van der Waals surface area contributed by atoms with Crippen LogP contribution in [-0.2, 0) is 4.74 Å². The highest BCUT2D eigenvalue weighted by atomic mass is 19.1. The van der Waals surface area contributed by atoms with Crippen LogP contribution in [0.2, 0.25) is 0 Å². The fourth-order valence-corrected chi connectivity index (χ4v) is 6.55. The summed E-state index contributed by atoms with van der Waals surface area (Å²) < 4.78 is 33.5. The number of methoxy groups -OCH3 is 1. The molecule has 0 spiro atoms. The summed E-state index contributed by atoms with van der Waals surface area (Å²) in [5, 5.41) is 22.7. The van der Waals surface area contributed by atoms with E-state index in [0.29, 0.717) is 55.3 Å².